The molecule has 0 spiro atoms. The zero-order valence-electron chi connectivity index (χ0n) is 14.2. The number of nitriles is 1. The molecule has 2 aromatic rings. The second kappa shape index (κ2) is 6.95. The van der Waals surface area contributed by atoms with E-state index in [1.807, 2.05) is 11.4 Å². The summed E-state index contributed by atoms with van der Waals surface area (Å²) in [4.78, 5) is 15.5. The van der Waals surface area contributed by atoms with Gasteiger partial charge in [0.1, 0.15) is 11.6 Å². The molecule has 136 valence electrons. The Labute approximate surface area is 168 Å². The highest BCUT2D eigenvalue weighted by Gasteiger charge is 2.40. The molecule has 0 radical (unpaired) electrons. The summed E-state index contributed by atoms with van der Waals surface area (Å²) in [6, 6.07) is 10.1. The van der Waals surface area contributed by atoms with Crippen LogP contribution in [0.15, 0.2) is 62.8 Å². The minimum Gasteiger partial charge on any atom is -0.384 e. The van der Waals surface area contributed by atoms with Crippen LogP contribution < -0.4 is 10.6 Å². The van der Waals surface area contributed by atoms with E-state index in [0.717, 1.165) is 21.5 Å². The molecule has 0 amide bonds. The normalized spacial score (nSPS) is 20.0. The Bertz CT molecular complexity index is 1030. The van der Waals surface area contributed by atoms with Gasteiger partial charge in [-0.05, 0) is 59.1 Å². The van der Waals surface area contributed by atoms with Gasteiger partial charge < -0.3 is 5.73 Å². The van der Waals surface area contributed by atoms with Crippen molar-refractivity contribution in [2.45, 2.75) is 25.2 Å². The molecular formula is C20H15BrFN3OS. The largest absolute Gasteiger partial charge is 0.384 e. The van der Waals surface area contributed by atoms with Crippen molar-refractivity contribution in [1.82, 2.24) is 0 Å². The Morgan fingerprint density at radius 2 is 2.04 bits per heavy atom. The SMILES string of the molecule is N#CC1=C(N)N(c2ccc(F)cc2)C2=C(C(=O)CCC2)[C@@H]1c1cc(Br)cs1. The van der Waals surface area contributed by atoms with Crippen LogP contribution in [0.5, 0.6) is 0 Å². The fourth-order valence-corrected chi connectivity index (χ4v) is 5.30. The highest BCUT2D eigenvalue weighted by atomic mass is 79.9. The molecule has 1 atom stereocenters. The van der Waals surface area contributed by atoms with E-state index in [9.17, 15) is 14.4 Å². The first-order valence-corrected chi connectivity index (χ1v) is 10.1. The summed E-state index contributed by atoms with van der Waals surface area (Å²) in [6.07, 6.45) is 1.87. The van der Waals surface area contributed by atoms with Crippen LogP contribution in [0.3, 0.4) is 0 Å². The number of halogens is 2. The Balaban J connectivity index is 1.96. The van der Waals surface area contributed by atoms with Crippen molar-refractivity contribution in [3.05, 3.63) is 73.5 Å². The van der Waals surface area contributed by atoms with Crippen molar-refractivity contribution >= 4 is 38.7 Å². The van der Waals surface area contributed by atoms with E-state index in [1.165, 1.54) is 23.5 Å². The Morgan fingerprint density at radius 1 is 1.30 bits per heavy atom. The minimum absolute atomic E-state index is 0.0399. The average Bonchev–Trinajstić information content (AvgIpc) is 3.08. The first kappa shape index (κ1) is 18.0. The molecule has 0 saturated heterocycles. The van der Waals surface area contributed by atoms with Crippen molar-refractivity contribution in [3.8, 4) is 6.07 Å². The maximum Gasteiger partial charge on any atom is 0.161 e. The molecule has 0 fully saturated rings. The van der Waals surface area contributed by atoms with E-state index in [4.69, 9.17) is 5.73 Å². The Hall–Kier alpha value is -2.43. The summed E-state index contributed by atoms with van der Waals surface area (Å²) >= 11 is 4.94. The number of Topliss-reactive ketones (excluding diaryl/α,β-unsaturated/α-hetero) is 1. The average molecular weight is 444 g/mol. The number of rotatable bonds is 2. The van der Waals surface area contributed by atoms with Crippen LogP contribution in [0.2, 0.25) is 0 Å². The lowest BCUT2D eigenvalue weighted by molar-refractivity contribution is -0.116. The topological polar surface area (TPSA) is 70.1 Å². The molecule has 2 N–H and O–H groups in total. The number of thiophene rings is 1. The lowest BCUT2D eigenvalue weighted by atomic mass is 9.78. The van der Waals surface area contributed by atoms with Crippen LogP contribution in [0.1, 0.15) is 30.1 Å². The van der Waals surface area contributed by atoms with E-state index in [-0.39, 0.29) is 11.6 Å². The molecule has 1 aromatic heterocycles. The van der Waals surface area contributed by atoms with Gasteiger partial charge in [0, 0.05) is 38.1 Å². The van der Waals surface area contributed by atoms with Crippen molar-refractivity contribution < 1.29 is 9.18 Å². The minimum atomic E-state index is -0.453. The number of hydrogen-bond donors (Lipinski definition) is 1. The third-order valence-electron chi connectivity index (χ3n) is 4.87. The number of benzene rings is 1. The summed E-state index contributed by atoms with van der Waals surface area (Å²) in [5.74, 6) is -0.468. The molecule has 27 heavy (non-hydrogen) atoms. The van der Waals surface area contributed by atoms with Crippen LogP contribution in [0.25, 0.3) is 0 Å². The molecule has 1 aromatic carbocycles. The fourth-order valence-electron chi connectivity index (χ4n) is 3.74. The molecule has 2 heterocycles. The third kappa shape index (κ3) is 2.99. The summed E-state index contributed by atoms with van der Waals surface area (Å²) < 4.78 is 14.3. The highest BCUT2D eigenvalue weighted by Crippen LogP contribution is 2.47. The van der Waals surface area contributed by atoms with Gasteiger partial charge in [-0.15, -0.1) is 11.3 Å². The molecule has 1 aliphatic heterocycles. The van der Waals surface area contributed by atoms with Gasteiger partial charge in [0.15, 0.2) is 5.78 Å². The van der Waals surface area contributed by atoms with Gasteiger partial charge >= 0.3 is 0 Å². The quantitative estimate of drug-likeness (QED) is 0.712. The second-order valence-corrected chi connectivity index (χ2v) is 8.32. The summed E-state index contributed by atoms with van der Waals surface area (Å²) in [5, 5.41) is 11.8. The number of carbonyl (C=O) groups is 1. The number of ketones is 1. The summed E-state index contributed by atoms with van der Waals surface area (Å²) in [7, 11) is 0. The first-order valence-electron chi connectivity index (χ1n) is 8.47. The third-order valence-corrected chi connectivity index (χ3v) is 6.63. The predicted molar refractivity (Wildman–Crippen MR) is 106 cm³/mol. The second-order valence-electron chi connectivity index (χ2n) is 6.46. The number of nitrogens with zero attached hydrogens (tertiary/aromatic N) is 2. The number of nitrogens with two attached hydrogens (primary N) is 1. The Morgan fingerprint density at radius 3 is 2.67 bits per heavy atom. The monoisotopic (exact) mass is 443 g/mol. The van der Waals surface area contributed by atoms with E-state index in [0.29, 0.717) is 35.5 Å². The number of carbonyl (C=O) groups excluding carboxylic acids is 1. The molecule has 7 heteroatoms. The first-order chi connectivity index (χ1) is 13.0. The maximum absolute atomic E-state index is 13.4. The van der Waals surface area contributed by atoms with Crippen LogP contribution in [0, 0.1) is 17.1 Å². The van der Waals surface area contributed by atoms with Gasteiger partial charge in [-0.25, -0.2) is 4.39 Å². The smallest absolute Gasteiger partial charge is 0.161 e. The predicted octanol–water partition coefficient (Wildman–Crippen LogP) is 4.95. The number of anilines is 1. The van der Waals surface area contributed by atoms with Gasteiger partial charge in [-0.1, -0.05) is 0 Å². The molecule has 0 bridgehead atoms. The van der Waals surface area contributed by atoms with Crippen LogP contribution in [-0.4, -0.2) is 5.78 Å². The van der Waals surface area contributed by atoms with Crippen molar-refractivity contribution in [3.63, 3.8) is 0 Å². The van der Waals surface area contributed by atoms with Gasteiger partial charge in [-0.3, -0.25) is 9.69 Å². The van der Waals surface area contributed by atoms with Gasteiger partial charge in [0.2, 0.25) is 0 Å². The molecule has 0 saturated carbocycles. The fraction of sp³-hybridized carbons (Fsp3) is 0.200. The lowest BCUT2D eigenvalue weighted by Crippen LogP contribution is -2.38. The van der Waals surface area contributed by atoms with Gasteiger partial charge in [-0.2, -0.15) is 5.26 Å². The number of allylic oxidation sites excluding steroid dienone is 3. The number of hydrogen-bond acceptors (Lipinski definition) is 5. The maximum atomic E-state index is 13.4. The van der Waals surface area contributed by atoms with E-state index in [1.54, 1.807) is 17.0 Å². The van der Waals surface area contributed by atoms with Gasteiger partial charge in [0.25, 0.3) is 0 Å². The molecule has 4 nitrogen and oxygen atoms in total. The summed E-state index contributed by atoms with van der Waals surface area (Å²) in [6.45, 7) is 0. The van der Waals surface area contributed by atoms with Crippen LogP contribution >= 0.6 is 27.3 Å². The van der Waals surface area contributed by atoms with Crippen molar-refractivity contribution in [1.29, 1.82) is 5.26 Å². The van der Waals surface area contributed by atoms with E-state index >= 15 is 0 Å². The molecular weight excluding hydrogens is 429 g/mol. The zero-order chi connectivity index (χ0) is 19.1. The van der Waals surface area contributed by atoms with Crippen molar-refractivity contribution in [2.24, 2.45) is 5.73 Å². The molecule has 2 aliphatic rings. The highest BCUT2D eigenvalue weighted by molar-refractivity contribution is 9.10. The molecule has 0 unspecified atom stereocenters. The van der Waals surface area contributed by atoms with Crippen LogP contribution in [0.4, 0.5) is 10.1 Å². The molecule has 1 aliphatic carbocycles. The summed E-state index contributed by atoms with van der Waals surface area (Å²) in [5.41, 5.74) is 8.86. The van der Waals surface area contributed by atoms with Crippen LogP contribution in [-0.2, 0) is 4.79 Å². The van der Waals surface area contributed by atoms with E-state index in [2.05, 4.69) is 22.0 Å². The molecule has 4 rings (SSSR count). The standard InChI is InChI=1S/C20H15BrFN3OS/c21-11-8-17(27-10-11)18-14(9-23)20(24)25(13-6-4-12(22)5-7-13)15-2-1-3-16(26)19(15)18/h4-8,10,18H,1-3,24H2/t18-/m0/s1. The lowest BCUT2D eigenvalue weighted by Gasteiger charge is -2.39. The zero-order valence-corrected chi connectivity index (χ0v) is 16.6. The van der Waals surface area contributed by atoms with Crippen molar-refractivity contribution in [2.75, 3.05) is 4.90 Å². The van der Waals surface area contributed by atoms with Gasteiger partial charge in [0.05, 0.1) is 17.6 Å². The Kier molecular flexibility index (Phi) is 4.62. The van der Waals surface area contributed by atoms with E-state index < -0.39 is 5.92 Å².